The van der Waals surface area contributed by atoms with Crippen LogP contribution in [0.3, 0.4) is 0 Å². The number of hydrogen-bond donors (Lipinski definition) is 1. The number of carbonyl (C=O) groups is 1. The second-order valence-corrected chi connectivity index (χ2v) is 6.64. The Morgan fingerprint density at radius 3 is 2.80 bits per heavy atom. The van der Waals surface area contributed by atoms with Crippen molar-refractivity contribution in [2.45, 2.75) is 25.6 Å². The van der Waals surface area contributed by atoms with Gasteiger partial charge in [-0.25, -0.2) is 15.4 Å². The van der Waals surface area contributed by atoms with Gasteiger partial charge in [0.05, 0.1) is 43.6 Å². The number of carbonyl (C=O) groups excluding carboxylic acids is 1. The minimum atomic E-state index is -3.09. The number of aromatic nitrogens is 2. The SMILES string of the molecule is COC(=O)Cc1nc(C)nc(NOc2cccc3c2OCC3(F)F)c1C1OCCO1. The number of benzene rings is 1. The minimum absolute atomic E-state index is 0.0505. The summed E-state index contributed by atoms with van der Waals surface area (Å²) in [6, 6.07) is 4.21. The second-order valence-electron chi connectivity index (χ2n) is 6.64. The van der Waals surface area contributed by atoms with E-state index in [0.29, 0.717) is 30.3 Å². The minimum Gasteiger partial charge on any atom is -0.482 e. The predicted octanol–water partition coefficient (Wildman–Crippen LogP) is 2.44. The molecular weight excluding hydrogens is 404 g/mol. The first-order valence-corrected chi connectivity index (χ1v) is 9.13. The maximum absolute atomic E-state index is 13.9. The van der Waals surface area contributed by atoms with Crippen LogP contribution < -0.4 is 15.1 Å². The van der Waals surface area contributed by atoms with Crippen molar-refractivity contribution in [3.8, 4) is 11.5 Å². The number of halogens is 2. The molecule has 30 heavy (non-hydrogen) atoms. The Kier molecular flexibility index (Phi) is 5.39. The summed E-state index contributed by atoms with van der Waals surface area (Å²) in [5.41, 5.74) is 3.10. The molecule has 3 heterocycles. The van der Waals surface area contributed by atoms with Crippen molar-refractivity contribution < 1.29 is 37.4 Å². The van der Waals surface area contributed by atoms with Gasteiger partial charge in [0.25, 0.3) is 0 Å². The first-order chi connectivity index (χ1) is 14.4. The van der Waals surface area contributed by atoms with Crippen molar-refractivity contribution >= 4 is 11.8 Å². The molecule has 2 aliphatic rings. The summed E-state index contributed by atoms with van der Waals surface area (Å²) < 4.78 is 48.8. The van der Waals surface area contributed by atoms with E-state index >= 15 is 0 Å². The molecule has 1 saturated heterocycles. The Balaban J connectivity index is 1.66. The first kappa shape index (κ1) is 20.2. The molecular formula is C19H19F2N3O6. The highest BCUT2D eigenvalue weighted by Crippen LogP contribution is 2.46. The average Bonchev–Trinajstić information content (AvgIpc) is 3.34. The van der Waals surface area contributed by atoms with E-state index in [1.54, 1.807) is 6.92 Å². The number of esters is 1. The largest absolute Gasteiger partial charge is 0.482 e. The molecule has 0 amide bonds. The lowest BCUT2D eigenvalue weighted by atomic mass is 10.1. The van der Waals surface area contributed by atoms with Crippen molar-refractivity contribution in [3.05, 3.63) is 40.8 Å². The van der Waals surface area contributed by atoms with Crippen molar-refractivity contribution in [1.82, 2.24) is 9.97 Å². The van der Waals surface area contributed by atoms with Crippen LogP contribution in [0.15, 0.2) is 18.2 Å². The molecule has 4 rings (SSSR count). The summed E-state index contributed by atoms with van der Waals surface area (Å²) in [6.07, 6.45) is -0.957. The highest BCUT2D eigenvalue weighted by Gasteiger charge is 2.43. The van der Waals surface area contributed by atoms with E-state index in [1.807, 2.05) is 0 Å². The Bertz CT molecular complexity index is 966. The summed E-state index contributed by atoms with van der Waals surface area (Å²) in [6.45, 7) is 1.58. The van der Waals surface area contributed by atoms with E-state index in [2.05, 4.69) is 15.4 Å². The number of nitrogens with one attached hydrogen (secondary N) is 1. The van der Waals surface area contributed by atoms with Crippen LogP contribution in [0.25, 0.3) is 0 Å². The zero-order valence-electron chi connectivity index (χ0n) is 16.2. The Morgan fingerprint density at radius 1 is 1.30 bits per heavy atom. The second kappa shape index (κ2) is 8.00. The molecule has 2 aromatic rings. The van der Waals surface area contributed by atoms with Gasteiger partial charge in [-0.15, -0.1) is 0 Å². The number of methoxy groups -OCH3 is 1. The van der Waals surface area contributed by atoms with E-state index in [0.717, 1.165) is 0 Å². The summed E-state index contributed by atoms with van der Waals surface area (Å²) in [4.78, 5) is 26.0. The Hall–Kier alpha value is -3.05. The number of alkyl halides is 2. The molecule has 0 spiro atoms. The summed E-state index contributed by atoms with van der Waals surface area (Å²) in [5.74, 6) is -3.06. The normalized spacial score (nSPS) is 17.3. The van der Waals surface area contributed by atoms with Crippen LogP contribution in [0.4, 0.5) is 14.6 Å². The van der Waals surface area contributed by atoms with Crippen LogP contribution in [0, 0.1) is 6.92 Å². The van der Waals surface area contributed by atoms with Gasteiger partial charge in [0.15, 0.2) is 30.2 Å². The van der Waals surface area contributed by atoms with E-state index < -0.39 is 24.8 Å². The maximum Gasteiger partial charge on any atom is 0.311 e. The number of hydrogen-bond acceptors (Lipinski definition) is 9. The lowest BCUT2D eigenvalue weighted by molar-refractivity contribution is -0.139. The third-order valence-electron chi connectivity index (χ3n) is 4.56. The van der Waals surface area contributed by atoms with Crippen molar-refractivity contribution in [2.75, 3.05) is 32.4 Å². The number of aryl methyl sites for hydroxylation is 1. The van der Waals surface area contributed by atoms with Crippen LogP contribution in [0.2, 0.25) is 0 Å². The lowest BCUT2D eigenvalue weighted by Crippen LogP contribution is -2.18. The molecule has 160 valence electrons. The molecule has 1 aromatic heterocycles. The first-order valence-electron chi connectivity index (χ1n) is 9.13. The molecule has 0 unspecified atom stereocenters. The molecule has 0 atom stereocenters. The summed E-state index contributed by atoms with van der Waals surface area (Å²) in [7, 11) is 1.27. The molecule has 0 saturated carbocycles. The van der Waals surface area contributed by atoms with Gasteiger partial charge in [0.2, 0.25) is 0 Å². The fraction of sp³-hybridized carbons (Fsp3) is 0.421. The summed E-state index contributed by atoms with van der Waals surface area (Å²) >= 11 is 0. The Morgan fingerprint density at radius 2 is 2.07 bits per heavy atom. The van der Waals surface area contributed by atoms with Gasteiger partial charge in [-0.3, -0.25) is 4.79 Å². The molecule has 0 bridgehead atoms. The van der Waals surface area contributed by atoms with Gasteiger partial charge >= 0.3 is 11.9 Å². The van der Waals surface area contributed by atoms with Crippen molar-refractivity contribution in [1.29, 1.82) is 0 Å². The molecule has 1 N–H and O–H groups in total. The van der Waals surface area contributed by atoms with Gasteiger partial charge in [0.1, 0.15) is 5.82 Å². The quantitative estimate of drug-likeness (QED) is 0.554. The zero-order valence-corrected chi connectivity index (χ0v) is 16.2. The molecule has 1 fully saturated rings. The number of nitrogens with zero attached hydrogens (tertiary/aromatic N) is 2. The van der Waals surface area contributed by atoms with E-state index in [-0.39, 0.29) is 29.3 Å². The average molecular weight is 423 g/mol. The monoisotopic (exact) mass is 423 g/mol. The maximum atomic E-state index is 13.9. The standard InChI is InChI=1S/C19H19F2N3O6/c1-10-22-12(8-14(25)26-2)15(18-27-6-7-28-18)17(23-10)24-30-13-5-3-4-11-16(13)29-9-19(11,20)21/h3-5,18H,6-9H2,1-2H3,(H,22,23,24). The van der Waals surface area contributed by atoms with Crippen LogP contribution in [-0.4, -0.2) is 42.9 Å². The fourth-order valence-corrected chi connectivity index (χ4v) is 3.21. The van der Waals surface area contributed by atoms with Crippen molar-refractivity contribution in [3.63, 3.8) is 0 Å². The third-order valence-corrected chi connectivity index (χ3v) is 4.56. The number of ether oxygens (including phenoxy) is 4. The van der Waals surface area contributed by atoms with Gasteiger partial charge in [0, 0.05) is 0 Å². The molecule has 9 nitrogen and oxygen atoms in total. The molecule has 2 aliphatic heterocycles. The van der Waals surface area contributed by atoms with Crippen LogP contribution in [-0.2, 0) is 31.3 Å². The molecule has 1 aromatic carbocycles. The lowest BCUT2D eigenvalue weighted by Gasteiger charge is -2.19. The zero-order chi connectivity index (χ0) is 21.3. The van der Waals surface area contributed by atoms with Crippen molar-refractivity contribution in [2.24, 2.45) is 0 Å². The van der Waals surface area contributed by atoms with E-state index in [1.165, 1.54) is 25.3 Å². The van der Waals surface area contributed by atoms with Crippen LogP contribution in [0.5, 0.6) is 11.5 Å². The smallest absolute Gasteiger partial charge is 0.311 e. The highest BCUT2D eigenvalue weighted by molar-refractivity contribution is 5.73. The number of anilines is 1. The van der Waals surface area contributed by atoms with Gasteiger partial charge in [-0.05, 0) is 19.1 Å². The highest BCUT2D eigenvalue weighted by atomic mass is 19.3. The Labute approximate surface area is 170 Å². The van der Waals surface area contributed by atoms with Gasteiger partial charge in [-0.2, -0.15) is 8.78 Å². The van der Waals surface area contributed by atoms with Gasteiger partial charge < -0.3 is 23.8 Å². The molecule has 0 radical (unpaired) electrons. The topological polar surface area (TPSA) is 101 Å². The predicted molar refractivity (Wildman–Crippen MR) is 97.2 cm³/mol. The van der Waals surface area contributed by atoms with E-state index in [4.69, 9.17) is 23.8 Å². The number of para-hydroxylation sites is 1. The fourth-order valence-electron chi connectivity index (χ4n) is 3.21. The van der Waals surface area contributed by atoms with Crippen LogP contribution in [0.1, 0.15) is 28.9 Å². The molecule has 0 aliphatic carbocycles. The third kappa shape index (κ3) is 3.85. The van der Waals surface area contributed by atoms with Crippen LogP contribution >= 0.6 is 0 Å². The van der Waals surface area contributed by atoms with E-state index in [9.17, 15) is 13.6 Å². The molecule has 11 heteroatoms. The van der Waals surface area contributed by atoms with Gasteiger partial charge in [-0.1, -0.05) is 6.07 Å². The summed E-state index contributed by atoms with van der Waals surface area (Å²) in [5, 5.41) is 0. The number of fused-ring (bicyclic) bond motifs is 1. The number of rotatable bonds is 6.